The molecule has 0 radical (unpaired) electrons. The smallest absolute Gasteiger partial charge is 0.330 e. The molecule has 0 spiro atoms. The van der Waals surface area contributed by atoms with Gasteiger partial charge in [0, 0.05) is 16.1 Å². The van der Waals surface area contributed by atoms with E-state index in [9.17, 15) is 18.4 Å². The number of nitrogens with one attached hydrogen (secondary N) is 1. The molecule has 0 unspecified atom stereocenters. The van der Waals surface area contributed by atoms with Crippen LogP contribution in [-0.4, -0.2) is 19.0 Å². The first-order chi connectivity index (χ1) is 11.4. The number of para-hydroxylation sites is 1. The van der Waals surface area contributed by atoms with Crippen molar-refractivity contribution in [3.63, 3.8) is 0 Å². The number of hydrogen-bond acceptors (Lipinski definition) is 3. The first-order valence-electron chi connectivity index (χ1n) is 6.73. The molecule has 0 heterocycles. The minimum Gasteiger partial charge on any atom is -0.466 e. The number of rotatable bonds is 4. The summed E-state index contributed by atoms with van der Waals surface area (Å²) in [4.78, 5) is 23.4. The van der Waals surface area contributed by atoms with Crippen molar-refractivity contribution >= 4 is 39.6 Å². The van der Waals surface area contributed by atoms with E-state index in [1.54, 1.807) is 0 Å². The van der Waals surface area contributed by atoms with Gasteiger partial charge in [-0.15, -0.1) is 0 Å². The summed E-state index contributed by atoms with van der Waals surface area (Å²) in [6.45, 7) is 0. The molecule has 0 aliphatic heterocycles. The maximum absolute atomic E-state index is 14.0. The second kappa shape index (κ2) is 7.83. The molecule has 0 bridgehead atoms. The maximum atomic E-state index is 14.0. The van der Waals surface area contributed by atoms with Crippen LogP contribution in [0.15, 0.2) is 46.9 Å². The first kappa shape index (κ1) is 17.8. The van der Waals surface area contributed by atoms with Gasteiger partial charge in [-0.3, -0.25) is 4.79 Å². The van der Waals surface area contributed by atoms with E-state index >= 15 is 0 Å². The molecule has 0 aromatic heterocycles. The standard InChI is InChI=1S/C17H12BrF2NO3/c1-24-15(22)8-5-10-3-2-4-13(19)16(10)21-17(23)12-7-6-11(18)9-14(12)20/h2-9H,1H3,(H,21,23)/b8-5+. The largest absolute Gasteiger partial charge is 0.466 e. The van der Waals surface area contributed by atoms with Crippen molar-refractivity contribution in [1.82, 2.24) is 0 Å². The minimum atomic E-state index is -0.808. The molecule has 0 atom stereocenters. The van der Waals surface area contributed by atoms with Crippen LogP contribution in [0.5, 0.6) is 0 Å². The van der Waals surface area contributed by atoms with Crippen molar-refractivity contribution in [2.24, 2.45) is 0 Å². The number of esters is 1. The van der Waals surface area contributed by atoms with E-state index < -0.39 is 23.5 Å². The molecule has 0 saturated carbocycles. The lowest BCUT2D eigenvalue weighted by molar-refractivity contribution is -0.134. The Morgan fingerprint density at radius 1 is 1.17 bits per heavy atom. The number of carbonyl (C=O) groups is 2. The van der Waals surface area contributed by atoms with Crippen molar-refractivity contribution in [3.8, 4) is 0 Å². The minimum absolute atomic E-state index is 0.162. The van der Waals surface area contributed by atoms with E-state index in [4.69, 9.17) is 0 Å². The summed E-state index contributed by atoms with van der Waals surface area (Å²) >= 11 is 3.09. The molecule has 7 heteroatoms. The van der Waals surface area contributed by atoms with Gasteiger partial charge in [0.2, 0.25) is 0 Å². The van der Waals surface area contributed by atoms with Gasteiger partial charge in [-0.05, 0) is 30.3 Å². The lowest BCUT2D eigenvalue weighted by Gasteiger charge is -2.10. The lowest BCUT2D eigenvalue weighted by atomic mass is 10.1. The average molecular weight is 396 g/mol. The Hall–Kier alpha value is -2.54. The highest BCUT2D eigenvalue weighted by molar-refractivity contribution is 9.10. The van der Waals surface area contributed by atoms with E-state index in [0.29, 0.717) is 4.47 Å². The summed E-state index contributed by atoms with van der Waals surface area (Å²) in [5.74, 6) is -2.90. The van der Waals surface area contributed by atoms with Crippen LogP contribution in [-0.2, 0) is 9.53 Å². The van der Waals surface area contributed by atoms with Crippen LogP contribution in [0, 0.1) is 11.6 Å². The SMILES string of the molecule is COC(=O)/C=C/c1cccc(F)c1NC(=O)c1ccc(Br)cc1F. The molecular formula is C17H12BrF2NO3. The van der Waals surface area contributed by atoms with Gasteiger partial charge in [0.1, 0.15) is 11.6 Å². The third kappa shape index (κ3) is 4.26. The van der Waals surface area contributed by atoms with Crippen LogP contribution >= 0.6 is 15.9 Å². The summed E-state index contributed by atoms with van der Waals surface area (Å²) in [6.07, 6.45) is 2.38. The van der Waals surface area contributed by atoms with Crippen molar-refractivity contribution in [2.45, 2.75) is 0 Å². The number of hydrogen-bond donors (Lipinski definition) is 1. The zero-order valence-corrected chi connectivity index (χ0v) is 14.1. The molecule has 2 aromatic rings. The molecule has 1 N–H and O–H groups in total. The Labute approximate surface area is 145 Å². The zero-order chi connectivity index (χ0) is 17.7. The normalized spacial score (nSPS) is 10.7. The molecule has 2 rings (SSSR count). The number of carbonyl (C=O) groups excluding carboxylic acids is 2. The molecule has 0 aliphatic carbocycles. The second-order valence-electron chi connectivity index (χ2n) is 4.64. The van der Waals surface area contributed by atoms with Crippen molar-refractivity contribution < 1.29 is 23.1 Å². The Morgan fingerprint density at radius 2 is 1.92 bits per heavy atom. The molecule has 2 aromatic carbocycles. The summed E-state index contributed by atoms with van der Waals surface area (Å²) in [6, 6.07) is 7.96. The van der Waals surface area contributed by atoms with E-state index in [1.165, 1.54) is 37.5 Å². The summed E-state index contributed by atoms with van der Waals surface area (Å²) in [5.41, 5.74) is -0.152. The summed E-state index contributed by atoms with van der Waals surface area (Å²) in [5, 5.41) is 2.32. The second-order valence-corrected chi connectivity index (χ2v) is 5.55. The van der Waals surface area contributed by atoms with Crippen LogP contribution in [0.1, 0.15) is 15.9 Å². The molecule has 1 amide bonds. The predicted molar refractivity (Wildman–Crippen MR) is 89.5 cm³/mol. The van der Waals surface area contributed by atoms with Crippen LogP contribution < -0.4 is 5.32 Å². The van der Waals surface area contributed by atoms with Crippen LogP contribution in [0.3, 0.4) is 0 Å². The Bertz CT molecular complexity index is 821. The van der Waals surface area contributed by atoms with Gasteiger partial charge >= 0.3 is 5.97 Å². The fourth-order valence-electron chi connectivity index (χ4n) is 1.89. The molecule has 0 aliphatic rings. The van der Waals surface area contributed by atoms with E-state index in [0.717, 1.165) is 18.2 Å². The number of halogens is 3. The van der Waals surface area contributed by atoms with Gasteiger partial charge in [0.05, 0.1) is 18.4 Å². The highest BCUT2D eigenvalue weighted by Gasteiger charge is 2.16. The maximum Gasteiger partial charge on any atom is 0.330 e. The fraction of sp³-hybridized carbons (Fsp3) is 0.0588. The quantitative estimate of drug-likeness (QED) is 0.624. The van der Waals surface area contributed by atoms with Gasteiger partial charge in [-0.2, -0.15) is 0 Å². The molecule has 0 saturated heterocycles. The molecule has 24 heavy (non-hydrogen) atoms. The van der Waals surface area contributed by atoms with Gasteiger partial charge in [0.25, 0.3) is 5.91 Å². The topological polar surface area (TPSA) is 55.4 Å². The Kier molecular flexibility index (Phi) is 5.81. The lowest BCUT2D eigenvalue weighted by Crippen LogP contribution is -2.15. The van der Waals surface area contributed by atoms with Gasteiger partial charge in [0.15, 0.2) is 0 Å². The van der Waals surface area contributed by atoms with Gasteiger partial charge in [-0.1, -0.05) is 28.1 Å². The monoisotopic (exact) mass is 395 g/mol. The molecule has 0 fully saturated rings. The van der Waals surface area contributed by atoms with E-state index in [1.807, 2.05) is 0 Å². The van der Waals surface area contributed by atoms with Crippen molar-refractivity contribution in [1.29, 1.82) is 0 Å². The van der Waals surface area contributed by atoms with Crippen molar-refractivity contribution in [3.05, 3.63) is 69.7 Å². The first-order valence-corrected chi connectivity index (χ1v) is 7.52. The van der Waals surface area contributed by atoms with E-state index in [2.05, 4.69) is 26.0 Å². The number of anilines is 1. The fourth-order valence-corrected chi connectivity index (χ4v) is 2.23. The highest BCUT2D eigenvalue weighted by atomic mass is 79.9. The zero-order valence-electron chi connectivity index (χ0n) is 12.5. The van der Waals surface area contributed by atoms with Crippen molar-refractivity contribution in [2.75, 3.05) is 12.4 Å². The predicted octanol–water partition coefficient (Wildman–Crippen LogP) is 4.17. The third-order valence-corrected chi connectivity index (χ3v) is 3.55. The summed E-state index contributed by atoms with van der Waals surface area (Å²) in [7, 11) is 1.21. The number of methoxy groups -OCH3 is 1. The average Bonchev–Trinajstić information content (AvgIpc) is 2.54. The Morgan fingerprint density at radius 3 is 2.58 bits per heavy atom. The highest BCUT2D eigenvalue weighted by Crippen LogP contribution is 2.23. The number of ether oxygens (including phenoxy) is 1. The van der Waals surface area contributed by atoms with Crippen LogP contribution in [0.4, 0.5) is 14.5 Å². The molecule has 4 nitrogen and oxygen atoms in total. The van der Waals surface area contributed by atoms with Gasteiger partial charge < -0.3 is 10.1 Å². The van der Waals surface area contributed by atoms with Gasteiger partial charge in [-0.25, -0.2) is 13.6 Å². The number of amides is 1. The molecule has 124 valence electrons. The summed E-state index contributed by atoms with van der Waals surface area (Å²) < 4.78 is 32.8. The van der Waals surface area contributed by atoms with Crippen LogP contribution in [0.2, 0.25) is 0 Å². The molecular weight excluding hydrogens is 384 g/mol. The van der Waals surface area contributed by atoms with E-state index in [-0.39, 0.29) is 16.8 Å². The van der Waals surface area contributed by atoms with Crippen LogP contribution in [0.25, 0.3) is 6.08 Å². The Balaban J connectivity index is 2.33. The number of benzene rings is 2. The third-order valence-electron chi connectivity index (χ3n) is 3.06.